The molecule has 0 aliphatic carbocycles. The molecule has 0 spiro atoms. The third-order valence-electron chi connectivity index (χ3n) is 2.01. The molecule has 0 radical (unpaired) electrons. The molecule has 0 aliphatic rings. The van der Waals surface area contributed by atoms with Crippen LogP contribution in [0.25, 0.3) is 0 Å². The van der Waals surface area contributed by atoms with Crippen molar-refractivity contribution in [2.24, 2.45) is 0 Å². The molecule has 0 aliphatic heterocycles. The van der Waals surface area contributed by atoms with Crippen LogP contribution in [-0.4, -0.2) is 0 Å². The van der Waals surface area contributed by atoms with Crippen molar-refractivity contribution < 1.29 is 4.98 Å². The highest BCUT2D eigenvalue weighted by Crippen LogP contribution is 2.03. The van der Waals surface area contributed by atoms with E-state index in [1.54, 1.807) is 0 Å². The summed E-state index contributed by atoms with van der Waals surface area (Å²) in [5.74, 6) is 0. The Balaban J connectivity index is 2.16. The van der Waals surface area contributed by atoms with Gasteiger partial charge in [-0.25, -0.2) is 4.98 Å². The van der Waals surface area contributed by atoms with Gasteiger partial charge in [0.1, 0.15) is 0 Å². The molecule has 1 nitrogen and oxygen atoms in total. The minimum atomic E-state index is 0.974. The van der Waals surface area contributed by atoms with Gasteiger partial charge in [-0.15, -0.1) is 0 Å². The standard InChI is InChI=1S/C12H11N/c1-2-6-11(7-3-1)10-12-8-4-5-9-13-12/h1-9H,10H2/p+1. The van der Waals surface area contributed by atoms with E-state index in [-0.39, 0.29) is 0 Å². The zero-order valence-corrected chi connectivity index (χ0v) is 7.40. The van der Waals surface area contributed by atoms with E-state index in [9.17, 15) is 0 Å². The summed E-state index contributed by atoms with van der Waals surface area (Å²) in [5.41, 5.74) is 2.58. The molecule has 13 heavy (non-hydrogen) atoms. The summed E-state index contributed by atoms with van der Waals surface area (Å²) in [6.45, 7) is 0. The molecule has 0 fully saturated rings. The molecule has 2 aromatic rings. The molecule has 0 amide bonds. The number of aromatic nitrogens is 1. The number of H-pyrrole nitrogens is 1. The predicted octanol–water partition coefficient (Wildman–Crippen LogP) is 2.09. The summed E-state index contributed by atoms with van der Waals surface area (Å²) in [5, 5.41) is 0. The first kappa shape index (κ1) is 7.99. The van der Waals surface area contributed by atoms with Gasteiger partial charge in [0.2, 0.25) is 0 Å². The number of rotatable bonds is 2. The van der Waals surface area contributed by atoms with Gasteiger partial charge in [-0.3, -0.25) is 0 Å². The third kappa shape index (κ3) is 2.15. The minimum absolute atomic E-state index is 0.974. The van der Waals surface area contributed by atoms with E-state index in [0.717, 1.165) is 6.42 Å². The normalized spacial score (nSPS) is 9.85. The van der Waals surface area contributed by atoms with Gasteiger partial charge < -0.3 is 0 Å². The van der Waals surface area contributed by atoms with Crippen LogP contribution in [0.1, 0.15) is 11.3 Å². The van der Waals surface area contributed by atoms with Gasteiger partial charge in [-0.05, 0) is 5.56 Å². The molecule has 1 heterocycles. The van der Waals surface area contributed by atoms with Crippen molar-refractivity contribution in [1.29, 1.82) is 0 Å². The Labute approximate surface area is 78.1 Å². The van der Waals surface area contributed by atoms with Crippen molar-refractivity contribution in [2.75, 3.05) is 0 Å². The first-order valence-electron chi connectivity index (χ1n) is 4.45. The summed E-state index contributed by atoms with van der Waals surface area (Å²) < 4.78 is 0. The number of benzene rings is 1. The molecule has 0 saturated carbocycles. The average Bonchev–Trinajstić information content (AvgIpc) is 2.21. The zero-order valence-electron chi connectivity index (χ0n) is 7.40. The van der Waals surface area contributed by atoms with Crippen LogP contribution in [0, 0.1) is 0 Å². The van der Waals surface area contributed by atoms with Crippen molar-refractivity contribution in [3.63, 3.8) is 0 Å². The smallest absolute Gasteiger partial charge is 0.183 e. The second-order valence-electron chi connectivity index (χ2n) is 3.05. The number of aromatic amines is 1. The molecule has 0 bridgehead atoms. The summed E-state index contributed by atoms with van der Waals surface area (Å²) in [6, 6.07) is 16.6. The Hall–Kier alpha value is -1.63. The minimum Gasteiger partial charge on any atom is -0.215 e. The second kappa shape index (κ2) is 3.85. The van der Waals surface area contributed by atoms with Gasteiger partial charge in [0.05, 0.1) is 6.42 Å². The summed E-state index contributed by atoms with van der Waals surface area (Å²) in [4.78, 5) is 3.22. The van der Waals surface area contributed by atoms with Crippen molar-refractivity contribution in [3.05, 3.63) is 66.0 Å². The van der Waals surface area contributed by atoms with E-state index in [1.165, 1.54) is 11.3 Å². The summed E-state index contributed by atoms with van der Waals surface area (Å²) in [6.07, 6.45) is 2.93. The van der Waals surface area contributed by atoms with Crippen LogP contribution in [0.3, 0.4) is 0 Å². The van der Waals surface area contributed by atoms with Crippen LogP contribution in [0.15, 0.2) is 54.7 Å². The van der Waals surface area contributed by atoms with Crippen molar-refractivity contribution in [2.45, 2.75) is 6.42 Å². The maximum atomic E-state index is 3.22. The first-order chi connectivity index (χ1) is 6.45. The number of pyridine rings is 1. The first-order valence-corrected chi connectivity index (χ1v) is 4.45. The molecule has 1 N–H and O–H groups in total. The van der Waals surface area contributed by atoms with E-state index in [1.807, 2.05) is 18.3 Å². The van der Waals surface area contributed by atoms with Crippen LogP contribution >= 0.6 is 0 Å². The Morgan fingerprint density at radius 3 is 2.31 bits per heavy atom. The highest BCUT2D eigenvalue weighted by atomic mass is 14.7. The molecule has 1 heteroatoms. The largest absolute Gasteiger partial charge is 0.215 e. The van der Waals surface area contributed by atoms with E-state index < -0.39 is 0 Å². The lowest BCUT2D eigenvalue weighted by molar-refractivity contribution is -0.389. The Morgan fingerprint density at radius 2 is 1.62 bits per heavy atom. The van der Waals surface area contributed by atoms with Gasteiger partial charge >= 0.3 is 0 Å². The van der Waals surface area contributed by atoms with Crippen LogP contribution in [0.4, 0.5) is 0 Å². The molecular formula is C12H12N+. The fourth-order valence-electron chi connectivity index (χ4n) is 1.36. The molecular weight excluding hydrogens is 158 g/mol. The Bertz CT molecular complexity index is 316. The monoisotopic (exact) mass is 170 g/mol. The number of nitrogens with one attached hydrogen (secondary N) is 1. The fourth-order valence-corrected chi connectivity index (χ4v) is 1.36. The summed E-state index contributed by atoms with van der Waals surface area (Å²) >= 11 is 0. The Kier molecular flexibility index (Phi) is 2.37. The fraction of sp³-hybridized carbons (Fsp3) is 0.0833. The van der Waals surface area contributed by atoms with Crippen molar-refractivity contribution >= 4 is 0 Å². The van der Waals surface area contributed by atoms with Crippen molar-refractivity contribution in [1.82, 2.24) is 0 Å². The van der Waals surface area contributed by atoms with Crippen LogP contribution in [-0.2, 0) is 6.42 Å². The molecule has 64 valence electrons. The van der Waals surface area contributed by atoms with Gasteiger partial charge in [0.25, 0.3) is 0 Å². The maximum absolute atomic E-state index is 3.22. The Morgan fingerprint density at radius 1 is 0.846 bits per heavy atom. The summed E-state index contributed by atoms with van der Waals surface area (Å²) in [7, 11) is 0. The van der Waals surface area contributed by atoms with Crippen LogP contribution in [0.2, 0.25) is 0 Å². The topological polar surface area (TPSA) is 14.1 Å². The maximum Gasteiger partial charge on any atom is 0.183 e. The highest BCUT2D eigenvalue weighted by molar-refractivity contribution is 5.19. The quantitative estimate of drug-likeness (QED) is 0.655. The van der Waals surface area contributed by atoms with Crippen LogP contribution < -0.4 is 4.98 Å². The highest BCUT2D eigenvalue weighted by Gasteiger charge is 1.99. The molecule has 0 unspecified atom stereocenters. The number of hydrogen-bond donors (Lipinski definition) is 0. The van der Waals surface area contributed by atoms with Crippen molar-refractivity contribution in [3.8, 4) is 0 Å². The average molecular weight is 170 g/mol. The SMILES string of the molecule is c1ccc(Cc2cccc[nH+]2)cc1. The van der Waals surface area contributed by atoms with Gasteiger partial charge in [-0.2, -0.15) is 0 Å². The zero-order chi connectivity index (χ0) is 8.93. The molecule has 0 saturated heterocycles. The molecule has 2 rings (SSSR count). The van der Waals surface area contributed by atoms with Gasteiger partial charge in [-0.1, -0.05) is 36.4 Å². The molecule has 0 atom stereocenters. The van der Waals surface area contributed by atoms with Crippen LogP contribution in [0.5, 0.6) is 0 Å². The second-order valence-corrected chi connectivity index (χ2v) is 3.05. The van der Waals surface area contributed by atoms with Gasteiger partial charge in [0, 0.05) is 12.1 Å². The number of hydrogen-bond acceptors (Lipinski definition) is 0. The van der Waals surface area contributed by atoms with Gasteiger partial charge in [0.15, 0.2) is 11.9 Å². The lowest BCUT2D eigenvalue weighted by Gasteiger charge is -1.94. The predicted molar refractivity (Wildman–Crippen MR) is 52.2 cm³/mol. The lowest BCUT2D eigenvalue weighted by Crippen LogP contribution is -2.09. The third-order valence-corrected chi connectivity index (χ3v) is 2.01. The van der Waals surface area contributed by atoms with E-state index in [4.69, 9.17) is 0 Å². The molecule has 1 aromatic heterocycles. The lowest BCUT2D eigenvalue weighted by atomic mass is 10.1. The van der Waals surface area contributed by atoms with E-state index in [2.05, 4.69) is 41.4 Å². The molecule has 1 aromatic carbocycles. The van der Waals surface area contributed by atoms with E-state index >= 15 is 0 Å². The van der Waals surface area contributed by atoms with E-state index in [0.29, 0.717) is 0 Å².